The number of amides is 1. The molecular weight excluding hydrogens is 623 g/mol. The summed E-state index contributed by atoms with van der Waals surface area (Å²) >= 11 is 5.98. The van der Waals surface area contributed by atoms with Crippen molar-refractivity contribution in [2.45, 2.75) is 92.0 Å². The smallest absolute Gasteiger partial charge is 0.337 e. The molecular formula is C30H31ClF7NO3S. The molecule has 2 aromatic rings. The predicted molar refractivity (Wildman–Crippen MR) is 146 cm³/mol. The van der Waals surface area contributed by atoms with Crippen LogP contribution in [0.3, 0.4) is 0 Å². The zero-order valence-corrected chi connectivity index (χ0v) is 24.8. The number of carbonyl (C=O) groups excluding carboxylic acids is 1. The molecule has 0 bridgehead atoms. The molecule has 2 atom stereocenters. The van der Waals surface area contributed by atoms with Crippen LogP contribution in [0.5, 0.6) is 0 Å². The zero-order valence-electron chi connectivity index (χ0n) is 23.2. The van der Waals surface area contributed by atoms with E-state index in [0.29, 0.717) is 30.9 Å². The summed E-state index contributed by atoms with van der Waals surface area (Å²) in [6.45, 7) is 2.13. The standard InChI is InChI=1S/C30H31ClF7NO3S/c1-2-18-3-5-19(6-4-18)26(40)39-16-15-27(43(41,42)23-11-9-22(31)10-12-23)24-13-8-21(17-20(24)7-14-25(27)39)28(32,29(33,34)35)30(36,37)38/h8-13,17-19,25H,2-7,14-16H2,1H3. The summed E-state index contributed by atoms with van der Waals surface area (Å²) in [6, 6.07) is 6.10. The average molecular weight is 654 g/mol. The van der Waals surface area contributed by atoms with Gasteiger partial charge in [0.1, 0.15) is 4.75 Å². The highest BCUT2D eigenvalue weighted by Gasteiger charge is 2.74. The van der Waals surface area contributed by atoms with Crippen LogP contribution >= 0.6 is 11.6 Å². The summed E-state index contributed by atoms with van der Waals surface area (Å²) in [5.41, 5.74) is -7.45. The Balaban J connectivity index is 1.63. The number of sulfone groups is 1. The second-order valence-electron chi connectivity index (χ2n) is 11.8. The van der Waals surface area contributed by atoms with Crippen molar-refractivity contribution in [2.24, 2.45) is 11.8 Å². The first-order valence-corrected chi connectivity index (χ1v) is 16.1. The molecule has 1 aliphatic heterocycles. The minimum atomic E-state index is -6.31. The van der Waals surface area contributed by atoms with E-state index in [0.717, 1.165) is 25.3 Å². The lowest BCUT2D eigenvalue weighted by Crippen LogP contribution is -2.53. The molecule has 3 aliphatic rings. The van der Waals surface area contributed by atoms with Crippen LogP contribution in [-0.4, -0.2) is 44.2 Å². The first kappa shape index (κ1) is 32.1. The fourth-order valence-electron chi connectivity index (χ4n) is 7.37. The molecule has 2 aliphatic carbocycles. The van der Waals surface area contributed by atoms with Gasteiger partial charge in [0, 0.05) is 23.0 Å². The van der Waals surface area contributed by atoms with E-state index < -0.39 is 44.2 Å². The molecule has 1 saturated heterocycles. The third-order valence-corrected chi connectivity index (χ3v) is 12.5. The SMILES string of the molecule is CCC1CCC(C(=O)N2CCC3(S(=O)(=O)c4ccc(Cl)cc4)c4ccc(C(F)(C(F)(F)F)C(F)(F)F)cc4CCC23)CC1. The van der Waals surface area contributed by atoms with Crippen LogP contribution in [0.25, 0.3) is 0 Å². The number of hydrogen-bond acceptors (Lipinski definition) is 3. The number of carbonyl (C=O) groups is 1. The Morgan fingerprint density at radius 3 is 2.09 bits per heavy atom. The topological polar surface area (TPSA) is 54.5 Å². The normalized spacial score (nSPS) is 26.6. The van der Waals surface area contributed by atoms with Crippen molar-refractivity contribution in [1.82, 2.24) is 4.90 Å². The van der Waals surface area contributed by atoms with Gasteiger partial charge in [0.2, 0.25) is 5.91 Å². The van der Waals surface area contributed by atoms with Gasteiger partial charge in [0.15, 0.2) is 9.84 Å². The van der Waals surface area contributed by atoms with Gasteiger partial charge >= 0.3 is 18.0 Å². The van der Waals surface area contributed by atoms with Crippen molar-refractivity contribution >= 4 is 27.3 Å². The van der Waals surface area contributed by atoms with Gasteiger partial charge in [-0.3, -0.25) is 4.79 Å². The molecule has 1 amide bonds. The van der Waals surface area contributed by atoms with Crippen molar-refractivity contribution < 1.29 is 43.9 Å². The molecule has 5 rings (SSSR count). The van der Waals surface area contributed by atoms with Gasteiger partial charge in [-0.2, -0.15) is 26.3 Å². The van der Waals surface area contributed by atoms with Crippen LogP contribution in [0.15, 0.2) is 47.4 Å². The Morgan fingerprint density at radius 2 is 1.53 bits per heavy atom. The van der Waals surface area contributed by atoms with E-state index in [4.69, 9.17) is 11.6 Å². The Kier molecular flexibility index (Phi) is 8.15. The fourth-order valence-corrected chi connectivity index (χ4v) is 9.86. The average Bonchev–Trinajstić information content (AvgIpc) is 3.37. The van der Waals surface area contributed by atoms with E-state index in [-0.39, 0.29) is 58.7 Å². The molecule has 13 heteroatoms. The molecule has 236 valence electrons. The summed E-state index contributed by atoms with van der Waals surface area (Å²) in [4.78, 5) is 15.2. The van der Waals surface area contributed by atoms with E-state index in [9.17, 15) is 39.6 Å². The van der Waals surface area contributed by atoms with Crippen molar-refractivity contribution in [2.75, 3.05) is 6.54 Å². The van der Waals surface area contributed by atoms with Crippen LogP contribution in [0.1, 0.15) is 68.6 Å². The fraction of sp³-hybridized carbons (Fsp3) is 0.567. The van der Waals surface area contributed by atoms with Gasteiger partial charge in [0.05, 0.1) is 10.9 Å². The van der Waals surface area contributed by atoms with E-state index in [2.05, 4.69) is 6.92 Å². The van der Waals surface area contributed by atoms with Gasteiger partial charge in [-0.1, -0.05) is 43.1 Å². The molecule has 2 unspecified atom stereocenters. The second kappa shape index (κ2) is 10.9. The van der Waals surface area contributed by atoms with E-state index in [1.54, 1.807) is 4.90 Å². The Bertz CT molecular complexity index is 1470. The molecule has 4 nitrogen and oxygen atoms in total. The van der Waals surface area contributed by atoms with Crippen LogP contribution in [0.4, 0.5) is 30.7 Å². The van der Waals surface area contributed by atoms with Crippen molar-refractivity contribution in [3.8, 4) is 0 Å². The minimum absolute atomic E-state index is 0.0147. The summed E-state index contributed by atoms with van der Waals surface area (Å²) in [5, 5.41) is 0.256. The Labute approximate surface area is 250 Å². The maximum Gasteiger partial charge on any atom is 0.435 e. The van der Waals surface area contributed by atoms with Crippen LogP contribution in [0, 0.1) is 11.8 Å². The Hall–Kier alpha value is -2.34. The first-order valence-electron chi connectivity index (χ1n) is 14.3. The monoisotopic (exact) mass is 653 g/mol. The number of alkyl halides is 7. The first-order chi connectivity index (χ1) is 20.0. The number of hydrogen-bond donors (Lipinski definition) is 0. The van der Waals surface area contributed by atoms with Crippen molar-refractivity contribution in [1.29, 1.82) is 0 Å². The number of halogens is 8. The zero-order chi connectivity index (χ0) is 31.6. The molecule has 0 aromatic heterocycles. The lowest BCUT2D eigenvalue weighted by Gasteiger charge is -2.44. The number of aryl methyl sites for hydroxylation is 1. The van der Waals surface area contributed by atoms with Crippen LogP contribution in [-0.2, 0) is 31.5 Å². The maximum absolute atomic E-state index is 15.0. The lowest BCUT2D eigenvalue weighted by molar-refractivity contribution is -0.348. The van der Waals surface area contributed by atoms with E-state index in [1.807, 2.05) is 0 Å². The van der Waals surface area contributed by atoms with E-state index in [1.165, 1.54) is 24.3 Å². The van der Waals surface area contributed by atoms with Crippen molar-refractivity contribution in [3.63, 3.8) is 0 Å². The minimum Gasteiger partial charge on any atom is -0.337 e. The Morgan fingerprint density at radius 1 is 0.930 bits per heavy atom. The molecule has 1 heterocycles. The third kappa shape index (κ3) is 4.94. The molecule has 0 N–H and O–H groups in total. The highest BCUT2D eigenvalue weighted by Crippen LogP contribution is 2.57. The third-order valence-electron chi connectivity index (χ3n) is 9.73. The maximum atomic E-state index is 15.0. The van der Waals surface area contributed by atoms with E-state index >= 15 is 4.39 Å². The summed E-state index contributed by atoms with van der Waals surface area (Å²) < 4.78 is 124. The quantitative estimate of drug-likeness (QED) is 0.307. The predicted octanol–water partition coefficient (Wildman–Crippen LogP) is 8.06. The highest BCUT2D eigenvalue weighted by molar-refractivity contribution is 7.92. The number of nitrogens with zero attached hydrogens (tertiary/aromatic N) is 1. The number of likely N-dealkylation sites (tertiary alicyclic amines) is 1. The highest BCUT2D eigenvalue weighted by atomic mass is 35.5. The molecule has 43 heavy (non-hydrogen) atoms. The van der Waals surface area contributed by atoms with Crippen LogP contribution < -0.4 is 0 Å². The van der Waals surface area contributed by atoms with Gasteiger partial charge < -0.3 is 4.90 Å². The summed E-state index contributed by atoms with van der Waals surface area (Å²) in [5.74, 6) is 0.0230. The molecule has 0 spiro atoms. The molecule has 2 aromatic carbocycles. The van der Waals surface area contributed by atoms with Crippen LogP contribution in [0.2, 0.25) is 5.02 Å². The molecule has 1 saturated carbocycles. The number of rotatable bonds is 5. The lowest BCUT2D eigenvalue weighted by atomic mass is 9.76. The van der Waals surface area contributed by atoms with Gasteiger partial charge in [-0.25, -0.2) is 12.8 Å². The second-order valence-corrected chi connectivity index (χ2v) is 14.5. The molecule has 2 fully saturated rings. The number of fused-ring (bicyclic) bond motifs is 3. The number of benzene rings is 2. The van der Waals surface area contributed by atoms with Gasteiger partial charge in [-0.05, 0) is 86.3 Å². The van der Waals surface area contributed by atoms with Gasteiger partial charge in [-0.15, -0.1) is 0 Å². The molecule has 0 radical (unpaired) electrons. The van der Waals surface area contributed by atoms with Gasteiger partial charge in [0.25, 0.3) is 0 Å². The van der Waals surface area contributed by atoms with Crippen molar-refractivity contribution in [3.05, 3.63) is 64.2 Å². The summed E-state index contributed by atoms with van der Waals surface area (Å²) in [7, 11) is -4.40. The summed E-state index contributed by atoms with van der Waals surface area (Å²) in [6.07, 6.45) is -8.85. The largest absolute Gasteiger partial charge is 0.435 e.